The average Bonchev–Trinajstić information content (AvgIpc) is 2.63. The first kappa shape index (κ1) is 20.2. The van der Waals surface area contributed by atoms with E-state index in [2.05, 4.69) is 4.98 Å². The number of hydrogen-bond acceptors (Lipinski definition) is 5. The Morgan fingerprint density at radius 1 is 1.21 bits per heavy atom. The van der Waals surface area contributed by atoms with Crippen molar-refractivity contribution in [2.45, 2.75) is 39.5 Å². The van der Waals surface area contributed by atoms with E-state index < -0.39 is 17.6 Å². The third kappa shape index (κ3) is 4.46. The monoisotopic (exact) mass is 397 g/mol. The molecule has 0 unspecified atom stereocenters. The number of benzene rings is 1. The second kappa shape index (κ2) is 8.22. The lowest BCUT2D eigenvalue weighted by atomic mass is 10.0. The first-order valence-corrected chi connectivity index (χ1v) is 9.12. The van der Waals surface area contributed by atoms with Crippen molar-refractivity contribution in [1.82, 2.24) is 14.9 Å². The Hall–Kier alpha value is -2.55. The molecule has 0 amide bonds. The van der Waals surface area contributed by atoms with E-state index >= 15 is 0 Å². The fourth-order valence-corrected chi connectivity index (χ4v) is 3.24. The van der Waals surface area contributed by atoms with Crippen LogP contribution < -0.4 is 15.0 Å². The quantitative estimate of drug-likeness (QED) is 0.811. The molecule has 0 fully saturated rings. The molecule has 0 saturated heterocycles. The molecule has 0 spiro atoms. The summed E-state index contributed by atoms with van der Waals surface area (Å²) in [4.78, 5) is 19.5. The van der Waals surface area contributed by atoms with Crippen molar-refractivity contribution in [2.24, 2.45) is 0 Å². The summed E-state index contributed by atoms with van der Waals surface area (Å²) in [6, 6.07) is 5.52. The van der Waals surface area contributed by atoms with Gasteiger partial charge >= 0.3 is 6.18 Å². The van der Waals surface area contributed by atoms with E-state index in [1.165, 1.54) is 0 Å². The molecular formula is C19H22F3N3O3. The Morgan fingerprint density at radius 2 is 1.96 bits per heavy atom. The summed E-state index contributed by atoms with van der Waals surface area (Å²) in [5.74, 6) is 0.144. The van der Waals surface area contributed by atoms with Crippen LogP contribution in [-0.2, 0) is 25.7 Å². The van der Waals surface area contributed by atoms with Crippen LogP contribution in [0.2, 0.25) is 0 Å². The van der Waals surface area contributed by atoms with Crippen molar-refractivity contribution in [2.75, 3.05) is 19.8 Å². The van der Waals surface area contributed by atoms with Gasteiger partial charge in [-0.1, -0.05) is 0 Å². The summed E-state index contributed by atoms with van der Waals surface area (Å²) in [6.45, 7) is 5.93. The van der Waals surface area contributed by atoms with Gasteiger partial charge < -0.3 is 14.5 Å². The Kier molecular flexibility index (Phi) is 5.93. The van der Waals surface area contributed by atoms with Crippen LogP contribution in [-0.4, -0.2) is 34.6 Å². The maximum absolute atomic E-state index is 13.0. The second-order valence-corrected chi connectivity index (χ2v) is 6.43. The van der Waals surface area contributed by atoms with Gasteiger partial charge in [-0.05, 0) is 38.5 Å². The minimum Gasteiger partial charge on any atom is -0.494 e. The first-order chi connectivity index (χ1) is 13.3. The zero-order valence-corrected chi connectivity index (χ0v) is 15.7. The van der Waals surface area contributed by atoms with Gasteiger partial charge in [0.1, 0.15) is 11.5 Å². The highest BCUT2D eigenvalue weighted by molar-refractivity contribution is 5.40. The molecule has 2 heterocycles. The number of nitrogens with zero attached hydrogens (tertiary/aromatic N) is 2. The molecule has 1 N–H and O–H groups in total. The predicted octanol–water partition coefficient (Wildman–Crippen LogP) is 3.14. The van der Waals surface area contributed by atoms with Crippen molar-refractivity contribution in [3.8, 4) is 11.5 Å². The first-order valence-electron chi connectivity index (χ1n) is 9.12. The average molecular weight is 397 g/mol. The van der Waals surface area contributed by atoms with Gasteiger partial charge in [0, 0.05) is 30.8 Å². The predicted molar refractivity (Wildman–Crippen MR) is 96.5 cm³/mol. The molecule has 1 aromatic carbocycles. The number of rotatable bonds is 6. The Bertz CT molecular complexity index is 896. The Morgan fingerprint density at radius 3 is 2.64 bits per heavy atom. The molecule has 6 nitrogen and oxygen atoms in total. The van der Waals surface area contributed by atoms with Crippen LogP contribution in [0.25, 0.3) is 0 Å². The second-order valence-electron chi connectivity index (χ2n) is 6.43. The third-order valence-corrected chi connectivity index (χ3v) is 4.46. The van der Waals surface area contributed by atoms with Gasteiger partial charge in [0.2, 0.25) is 5.82 Å². The standard InChI is InChI=1S/C19H22F3N3O3/c1-3-27-13-5-6-16(28-4-2)12(9-13)10-25-8-7-14-15(11-25)23-18(19(20,21)22)24-17(14)26/h5-6,9H,3-4,7-8,10-11H2,1-2H3,(H,23,24,26). The number of nitrogens with one attached hydrogen (secondary N) is 1. The third-order valence-electron chi connectivity index (χ3n) is 4.46. The largest absolute Gasteiger partial charge is 0.494 e. The summed E-state index contributed by atoms with van der Waals surface area (Å²) in [7, 11) is 0. The van der Waals surface area contributed by atoms with Crippen LogP contribution in [0.4, 0.5) is 13.2 Å². The van der Waals surface area contributed by atoms with Gasteiger partial charge in [0.25, 0.3) is 5.56 Å². The SMILES string of the molecule is CCOc1ccc(OCC)c(CN2CCc3c(nc(C(F)(F)F)[nH]c3=O)C2)c1. The molecule has 0 radical (unpaired) electrons. The minimum atomic E-state index is -4.69. The maximum Gasteiger partial charge on any atom is 0.449 e. The zero-order chi connectivity index (χ0) is 20.3. The molecule has 1 aliphatic rings. The van der Waals surface area contributed by atoms with Gasteiger partial charge in [-0.3, -0.25) is 9.69 Å². The number of halogens is 3. The van der Waals surface area contributed by atoms with Gasteiger partial charge in [-0.15, -0.1) is 0 Å². The number of fused-ring (bicyclic) bond motifs is 1. The number of alkyl halides is 3. The molecule has 1 aliphatic heterocycles. The minimum absolute atomic E-state index is 0.159. The van der Waals surface area contributed by atoms with E-state index in [0.717, 1.165) is 5.56 Å². The molecule has 0 aliphatic carbocycles. The molecule has 1 aromatic heterocycles. The molecule has 152 valence electrons. The smallest absolute Gasteiger partial charge is 0.449 e. The molecule has 3 rings (SSSR count). The van der Waals surface area contributed by atoms with E-state index in [4.69, 9.17) is 9.47 Å². The van der Waals surface area contributed by atoms with E-state index in [0.29, 0.717) is 49.8 Å². The highest BCUT2D eigenvalue weighted by Crippen LogP contribution is 2.29. The number of H-pyrrole nitrogens is 1. The van der Waals surface area contributed by atoms with Crippen LogP contribution in [0.3, 0.4) is 0 Å². The van der Waals surface area contributed by atoms with E-state index in [1.807, 2.05) is 41.9 Å². The Balaban J connectivity index is 1.85. The van der Waals surface area contributed by atoms with E-state index in [-0.39, 0.29) is 12.2 Å². The number of aromatic nitrogens is 2. The van der Waals surface area contributed by atoms with Crippen molar-refractivity contribution in [3.63, 3.8) is 0 Å². The number of aromatic amines is 1. The van der Waals surface area contributed by atoms with Crippen LogP contribution in [0.15, 0.2) is 23.0 Å². The molecule has 0 bridgehead atoms. The normalized spacial score (nSPS) is 14.6. The number of hydrogen-bond donors (Lipinski definition) is 1. The van der Waals surface area contributed by atoms with Gasteiger partial charge in [0.05, 0.1) is 18.9 Å². The summed E-state index contributed by atoms with van der Waals surface area (Å²) in [5, 5.41) is 0. The molecule has 9 heteroatoms. The van der Waals surface area contributed by atoms with Crippen LogP contribution in [0, 0.1) is 0 Å². The van der Waals surface area contributed by atoms with Crippen LogP contribution in [0.5, 0.6) is 11.5 Å². The fourth-order valence-electron chi connectivity index (χ4n) is 3.24. The molecule has 0 saturated carbocycles. The van der Waals surface area contributed by atoms with E-state index in [9.17, 15) is 18.0 Å². The molecule has 0 atom stereocenters. The molecular weight excluding hydrogens is 375 g/mol. The molecule has 28 heavy (non-hydrogen) atoms. The lowest BCUT2D eigenvalue weighted by molar-refractivity contribution is -0.145. The van der Waals surface area contributed by atoms with Crippen molar-refractivity contribution in [1.29, 1.82) is 0 Å². The number of ether oxygens (including phenoxy) is 2. The fraction of sp³-hybridized carbons (Fsp3) is 0.474. The zero-order valence-electron chi connectivity index (χ0n) is 15.7. The lowest BCUT2D eigenvalue weighted by Crippen LogP contribution is -2.36. The summed E-state index contributed by atoms with van der Waals surface area (Å²) < 4.78 is 50.1. The maximum atomic E-state index is 13.0. The lowest BCUT2D eigenvalue weighted by Gasteiger charge is -2.28. The topological polar surface area (TPSA) is 67.5 Å². The van der Waals surface area contributed by atoms with Gasteiger partial charge in [-0.25, -0.2) is 4.98 Å². The summed E-state index contributed by atoms with van der Waals surface area (Å²) in [5.41, 5.74) is 0.640. The van der Waals surface area contributed by atoms with Crippen LogP contribution >= 0.6 is 0 Å². The Labute approximate surface area is 160 Å². The molecule has 2 aromatic rings. The van der Waals surface area contributed by atoms with Gasteiger partial charge in [0.15, 0.2) is 0 Å². The van der Waals surface area contributed by atoms with Crippen LogP contribution in [0.1, 0.15) is 36.5 Å². The van der Waals surface area contributed by atoms with E-state index in [1.54, 1.807) is 0 Å². The summed E-state index contributed by atoms with van der Waals surface area (Å²) >= 11 is 0. The van der Waals surface area contributed by atoms with Gasteiger partial charge in [-0.2, -0.15) is 13.2 Å². The van der Waals surface area contributed by atoms with Crippen molar-refractivity contribution in [3.05, 3.63) is 51.2 Å². The highest BCUT2D eigenvalue weighted by Gasteiger charge is 2.36. The van der Waals surface area contributed by atoms with Crippen molar-refractivity contribution < 1.29 is 22.6 Å². The van der Waals surface area contributed by atoms with Crippen molar-refractivity contribution >= 4 is 0 Å². The highest BCUT2D eigenvalue weighted by atomic mass is 19.4. The summed E-state index contributed by atoms with van der Waals surface area (Å²) in [6.07, 6.45) is -4.35.